The molecule has 0 spiro atoms. The van der Waals surface area contributed by atoms with Crippen molar-refractivity contribution in [1.29, 1.82) is 0 Å². The molecule has 2 aromatic carbocycles. The lowest BCUT2D eigenvalue weighted by molar-refractivity contribution is 0.102. The molecule has 0 saturated heterocycles. The molecule has 2 N–H and O–H groups in total. The second-order valence-electron chi connectivity index (χ2n) is 5.09. The van der Waals surface area contributed by atoms with Gasteiger partial charge < -0.3 is 15.4 Å². The van der Waals surface area contributed by atoms with Crippen molar-refractivity contribution in [3.63, 3.8) is 0 Å². The fraction of sp³-hybridized carbons (Fsp3) is 0.0556. The van der Waals surface area contributed by atoms with Crippen LogP contribution in [0.3, 0.4) is 0 Å². The first-order valence-corrected chi connectivity index (χ1v) is 7.84. The summed E-state index contributed by atoms with van der Waals surface area (Å²) in [6.45, 7) is 0. The van der Waals surface area contributed by atoms with Crippen LogP contribution in [0.1, 0.15) is 10.4 Å². The highest BCUT2D eigenvalue weighted by molar-refractivity contribution is 6.34. The van der Waals surface area contributed by atoms with Crippen LogP contribution in [-0.4, -0.2) is 23.2 Å². The first kappa shape index (κ1) is 16.7. The number of rotatable bonds is 5. The Balaban J connectivity index is 1.68. The molecule has 0 aliphatic heterocycles. The minimum atomic E-state index is -0.339. The van der Waals surface area contributed by atoms with Gasteiger partial charge in [0, 0.05) is 11.8 Å². The minimum Gasteiger partial charge on any atom is -0.497 e. The molecule has 7 heteroatoms. The lowest BCUT2D eigenvalue weighted by Crippen LogP contribution is -2.14. The van der Waals surface area contributed by atoms with Crippen LogP contribution in [0, 0.1) is 0 Å². The van der Waals surface area contributed by atoms with E-state index in [1.54, 1.807) is 43.5 Å². The van der Waals surface area contributed by atoms with Crippen molar-refractivity contribution < 1.29 is 9.53 Å². The van der Waals surface area contributed by atoms with Crippen molar-refractivity contribution in [1.82, 2.24) is 10.2 Å². The Bertz CT molecular complexity index is 884. The largest absolute Gasteiger partial charge is 0.497 e. The van der Waals surface area contributed by atoms with Gasteiger partial charge in [-0.3, -0.25) is 4.79 Å². The predicted molar refractivity (Wildman–Crippen MR) is 97.7 cm³/mol. The van der Waals surface area contributed by atoms with Gasteiger partial charge in [0.1, 0.15) is 5.75 Å². The molecular weight excluding hydrogens is 340 g/mol. The number of halogens is 1. The molecule has 3 rings (SSSR count). The van der Waals surface area contributed by atoms with Gasteiger partial charge in [0.05, 0.1) is 17.7 Å². The van der Waals surface area contributed by atoms with E-state index in [2.05, 4.69) is 20.8 Å². The molecule has 126 valence electrons. The second-order valence-corrected chi connectivity index (χ2v) is 5.50. The van der Waals surface area contributed by atoms with Crippen molar-refractivity contribution in [2.75, 3.05) is 17.7 Å². The number of carbonyl (C=O) groups excluding carboxylic acids is 1. The van der Waals surface area contributed by atoms with E-state index in [4.69, 9.17) is 16.3 Å². The number of benzene rings is 2. The summed E-state index contributed by atoms with van der Waals surface area (Å²) in [5.41, 5.74) is 1.20. The maximum absolute atomic E-state index is 12.2. The summed E-state index contributed by atoms with van der Waals surface area (Å²) in [6, 6.07) is 17.6. The Kier molecular flexibility index (Phi) is 5.11. The maximum Gasteiger partial charge on any atom is 0.258 e. The van der Waals surface area contributed by atoms with Gasteiger partial charge in [0.2, 0.25) is 0 Å². The van der Waals surface area contributed by atoms with Crippen LogP contribution >= 0.6 is 11.6 Å². The van der Waals surface area contributed by atoms with E-state index in [1.807, 2.05) is 24.3 Å². The van der Waals surface area contributed by atoms with E-state index >= 15 is 0 Å². The molecule has 6 nitrogen and oxygen atoms in total. The SMILES string of the molecule is COc1cccc(Nc2ccc(NC(=O)c3ccccc3Cl)nn2)c1. The van der Waals surface area contributed by atoms with E-state index in [0.717, 1.165) is 11.4 Å². The summed E-state index contributed by atoms with van der Waals surface area (Å²) in [5.74, 6) is 1.28. The number of ether oxygens (including phenoxy) is 1. The summed E-state index contributed by atoms with van der Waals surface area (Å²) in [6.07, 6.45) is 0. The van der Waals surface area contributed by atoms with Crippen molar-refractivity contribution >= 4 is 34.8 Å². The van der Waals surface area contributed by atoms with Gasteiger partial charge in [-0.05, 0) is 36.4 Å². The minimum absolute atomic E-state index is 0.334. The Labute approximate surface area is 149 Å². The first-order chi connectivity index (χ1) is 12.2. The van der Waals surface area contributed by atoms with Crippen LogP contribution < -0.4 is 15.4 Å². The molecule has 3 aromatic rings. The molecule has 0 bridgehead atoms. The lowest BCUT2D eigenvalue weighted by Gasteiger charge is -2.08. The third kappa shape index (κ3) is 4.24. The Hall–Kier alpha value is -3.12. The van der Waals surface area contributed by atoms with Gasteiger partial charge in [0.25, 0.3) is 5.91 Å². The van der Waals surface area contributed by atoms with Crippen LogP contribution in [0.5, 0.6) is 5.75 Å². The predicted octanol–water partition coefficient (Wildman–Crippen LogP) is 4.13. The van der Waals surface area contributed by atoms with Gasteiger partial charge in [-0.15, -0.1) is 10.2 Å². The number of methoxy groups -OCH3 is 1. The zero-order valence-electron chi connectivity index (χ0n) is 13.4. The highest BCUT2D eigenvalue weighted by atomic mass is 35.5. The summed E-state index contributed by atoms with van der Waals surface area (Å²) in [7, 11) is 1.61. The summed E-state index contributed by atoms with van der Waals surface area (Å²) in [5, 5.41) is 14.2. The van der Waals surface area contributed by atoms with Crippen molar-refractivity contribution in [3.05, 3.63) is 71.2 Å². The third-order valence-corrected chi connectivity index (χ3v) is 3.70. The zero-order valence-corrected chi connectivity index (χ0v) is 14.1. The number of nitrogens with zero attached hydrogens (tertiary/aromatic N) is 2. The van der Waals surface area contributed by atoms with Crippen LogP contribution in [0.25, 0.3) is 0 Å². The molecule has 0 aliphatic rings. The van der Waals surface area contributed by atoms with Gasteiger partial charge >= 0.3 is 0 Å². The molecule has 0 unspecified atom stereocenters. The molecule has 1 amide bonds. The van der Waals surface area contributed by atoms with Gasteiger partial charge in [-0.25, -0.2) is 0 Å². The fourth-order valence-corrected chi connectivity index (χ4v) is 2.36. The average Bonchev–Trinajstić information content (AvgIpc) is 2.64. The van der Waals surface area contributed by atoms with Crippen molar-refractivity contribution in [3.8, 4) is 5.75 Å². The standard InChI is InChI=1S/C18H15ClN4O2/c1-25-13-6-4-5-12(11-13)20-16-9-10-17(23-22-16)21-18(24)14-7-2-3-8-15(14)19/h2-11H,1H3,(H,20,22)(H,21,23,24). The Morgan fingerprint density at radius 2 is 1.76 bits per heavy atom. The van der Waals surface area contributed by atoms with Crippen LogP contribution in [0.2, 0.25) is 5.02 Å². The van der Waals surface area contributed by atoms with Crippen LogP contribution in [0.15, 0.2) is 60.7 Å². The number of hydrogen-bond acceptors (Lipinski definition) is 5. The number of aromatic nitrogens is 2. The van der Waals surface area contributed by atoms with Crippen LogP contribution in [-0.2, 0) is 0 Å². The summed E-state index contributed by atoms with van der Waals surface area (Å²) < 4.78 is 5.17. The van der Waals surface area contributed by atoms with E-state index in [0.29, 0.717) is 22.2 Å². The molecule has 1 aromatic heterocycles. The smallest absolute Gasteiger partial charge is 0.258 e. The van der Waals surface area contributed by atoms with Gasteiger partial charge in [0.15, 0.2) is 11.6 Å². The number of nitrogens with one attached hydrogen (secondary N) is 2. The molecule has 0 aliphatic carbocycles. The second kappa shape index (κ2) is 7.63. The Morgan fingerprint density at radius 3 is 2.48 bits per heavy atom. The molecule has 1 heterocycles. The van der Waals surface area contributed by atoms with E-state index in [1.165, 1.54) is 0 Å². The Morgan fingerprint density at radius 1 is 1.00 bits per heavy atom. The topological polar surface area (TPSA) is 76.1 Å². The van der Waals surface area contributed by atoms with Crippen molar-refractivity contribution in [2.45, 2.75) is 0 Å². The summed E-state index contributed by atoms with van der Waals surface area (Å²) >= 11 is 6.01. The maximum atomic E-state index is 12.2. The van der Waals surface area contributed by atoms with E-state index in [-0.39, 0.29) is 5.91 Å². The van der Waals surface area contributed by atoms with E-state index in [9.17, 15) is 4.79 Å². The highest BCUT2D eigenvalue weighted by Gasteiger charge is 2.10. The fourth-order valence-electron chi connectivity index (χ4n) is 2.14. The number of hydrogen-bond donors (Lipinski definition) is 2. The molecule has 25 heavy (non-hydrogen) atoms. The molecule has 0 saturated carbocycles. The quantitative estimate of drug-likeness (QED) is 0.720. The molecule has 0 fully saturated rings. The average molecular weight is 355 g/mol. The number of carbonyl (C=O) groups is 1. The third-order valence-electron chi connectivity index (χ3n) is 3.37. The molecular formula is C18H15ClN4O2. The van der Waals surface area contributed by atoms with Crippen molar-refractivity contribution in [2.24, 2.45) is 0 Å². The zero-order chi connectivity index (χ0) is 17.6. The van der Waals surface area contributed by atoms with Gasteiger partial charge in [-0.2, -0.15) is 0 Å². The summed E-state index contributed by atoms with van der Waals surface area (Å²) in [4.78, 5) is 12.2. The van der Waals surface area contributed by atoms with Gasteiger partial charge in [-0.1, -0.05) is 29.8 Å². The molecule has 0 radical (unpaired) electrons. The van der Waals surface area contributed by atoms with E-state index < -0.39 is 0 Å². The monoisotopic (exact) mass is 354 g/mol. The lowest BCUT2D eigenvalue weighted by atomic mass is 10.2. The normalized spacial score (nSPS) is 10.2. The highest BCUT2D eigenvalue weighted by Crippen LogP contribution is 2.21. The first-order valence-electron chi connectivity index (χ1n) is 7.46. The number of amides is 1. The number of anilines is 3. The molecule has 0 atom stereocenters. The van der Waals surface area contributed by atoms with Crippen LogP contribution in [0.4, 0.5) is 17.3 Å².